The lowest BCUT2D eigenvalue weighted by atomic mass is 10.2. The number of nitrogens with zero attached hydrogens (tertiary/aromatic N) is 1. The van der Waals surface area contributed by atoms with Crippen LogP contribution in [0.1, 0.15) is 16.8 Å². The van der Waals surface area contributed by atoms with Crippen molar-refractivity contribution in [2.45, 2.75) is 6.42 Å². The quantitative estimate of drug-likeness (QED) is 0.801. The number of hydrogen-bond acceptors (Lipinski definition) is 3. The van der Waals surface area contributed by atoms with Crippen molar-refractivity contribution < 1.29 is 4.79 Å². The summed E-state index contributed by atoms with van der Waals surface area (Å²) >= 11 is 5.79. The maximum Gasteiger partial charge on any atom is 0.251 e. The van der Waals surface area contributed by atoms with Gasteiger partial charge in [-0.25, -0.2) is 0 Å². The smallest absolute Gasteiger partial charge is 0.251 e. The van der Waals surface area contributed by atoms with E-state index in [1.807, 2.05) is 0 Å². The van der Waals surface area contributed by atoms with Crippen LogP contribution in [0, 0.1) is 0 Å². The van der Waals surface area contributed by atoms with Gasteiger partial charge in [-0.3, -0.25) is 4.79 Å². The van der Waals surface area contributed by atoms with Crippen LogP contribution in [0.3, 0.4) is 0 Å². The highest BCUT2D eigenvalue weighted by molar-refractivity contribution is 6.30. The zero-order valence-electron chi connectivity index (χ0n) is 11.0. The Morgan fingerprint density at radius 1 is 1.26 bits per heavy atom. The summed E-state index contributed by atoms with van der Waals surface area (Å²) in [6.07, 6.45) is 0.985. The Hall–Kier alpha value is -1.10. The summed E-state index contributed by atoms with van der Waals surface area (Å²) < 4.78 is 0. The highest BCUT2D eigenvalue weighted by atomic mass is 35.5. The van der Waals surface area contributed by atoms with E-state index in [4.69, 9.17) is 11.6 Å². The second-order valence-electron chi connectivity index (χ2n) is 4.71. The number of carbonyl (C=O) groups excluding carboxylic acids is 1. The maximum absolute atomic E-state index is 11.8. The fraction of sp³-hybridized carbons (Fsp3) is 0.500. The van der Waals surface area contributed by atoms with E-state index in [1.54, 1.807) is 24.3 Å². The van der Waals surface area contributed by atoms with Crippen LogP contribution >= 0.6 is 11.6 Å². The van der Waals surface area contributed by atoms with Crippen LogP contribution in [0.2, 0.25) is 5.02 Å². The zero-order chi connectivity index (χ0) is 13.5. The molecule has 1 aromatic carbocycles. The summed E-state index contributed by atoms with van der Waals surface area (Å²) in [5.41, 5.74) is 0.659. The largest absolute Gasteiger partial charge is 0.352 e. The lowest BCUT2D eigenvalue weighted by Crippen LogP contribution is -2.44. The molecule has 4 nitrogen and oxygen atoms in total. The molecule has 1 aliphatic rings. The summed E-state index contributed by atoms with van der Waals surface area (Å²) in [5, 5.41) is 6.91. The molecule has 1 saturated heterocycles. The monoisotopic (exact) mass is 281 g/mol. The van der Waals surface area contributed by atoms with E-state index in [9.17, 15) is 4.79 Å². The molecule has 0 atom stereocenters. The van der Waals surface area contributed by atoms with E-state index in [2.05, 4.69) is 15.5 Å². The van der Waals surface area contributed by atoms with Crippen LogP contribution in [0.5, 0.6) is 0 Å². The van der Waals surface area contributed by atoms with Crippen molar-refractivity contribution in [3.8, 4) is 0 Å². The number of rotatable bonds is 5. The molecule has 0 bridgehead atoms. The van der Waals surface area contributed by atoms with Crippen LogP contribution < -0.4 is 10.6 Å². The van der Waals surface area contributed by atoms with E-state index in [0.717, 1.165) is 39.1 Å². The number of benzene rings is 1. The molecule has 2 rings (SSSR count). The van der Waals surface area contributed by atoms with Gasteiger partial charge in [-0.2, -0.15) is 0 Å². The van der Waals surface area contributed by atoms with Gasteiger partial charge in [-0.1, -0.05) is 11.6 Å². The fourth-order valence-electron chi connectivity index (χ4n) is 2.14. The number of piperazine rings is 1. The van der Waals surface area contributed by atoms with Crippen molar-refractivity contribution in [2.24, 2.45) is 0 Å². The molecule has 0 saturated carbocycles. The van der Waals surface area contributed by atoms with Crippen molar-refractivity contribution in [3.63, 3.8) is 0 Å². The van der Waals surface area contributed by atoms with Crippen molar-refractivity contribution in [3.05, 3.63) is 34.9 Å². The Kier molecular flexibility index (Phi) is 5.63. The van der Waals surface area contributed by atoms with Crippen LogP contribution in [-0.2, 0) is 0 Å². The minimum atomic E-state index is -0.0306. The first-order valence-electron chi connectivity index (χ1n) is 6.72. The topological polar surface area (TPSA) is 44.4 Å². The molecule has 19 heavy (non-hydrogen) atoms. The van der Waals surface area contributed by atoms with Gasteiger partial charge in [0.15, 0.2) is 0 Å². The SMILES string of the molecule is O=C(NCCCN1CCNCC1)c1ccc(Cl)cc1. The maximum atomic E-state index is 11.8. The van der Waals surface area contributed by atoms with Gasteiger partial charge >= 0.3 is 0 Å². The second-order valence-corrected chi connectivity index (χ2v) is 5.14. The molecule has 104 valence electrons. The predicted octanol–water partition coefficient (Wildman–Crippen LogP) is 1.37. The molecule has 2 N–H and O–H groups in total. The highest BCUT2D eigenvalue weighted by Crippen LogP contribution is 2.09. The zero-order valence-corrected chi connectivity index (χ0v) is 11.7. The van der Waals surface area contributed by atoms with Crippen molar-refractivity contribution >= 4 is 17.5 Å². The number of hydrogen-bond donors (Lipinski definition) is 2. The number of nitrogens with one attached hydrogen (secondary N) is 2. The van der Waals surface area contributed by atoms with Crippen LogP contribution in [0.15, 0.2) is 24.3 Å². The van der Waals surface area contributed by atoms with Gasteiger partial charge in [0.2, 0.25) is 0 Å². The number of halogens is 1. The normalized spacial score (nSPS) is 16.3. The third kappa shape index (κ3) is 4.82. The lowest BCUT2D eigenvalue weighted by Gasteiger charge is -2.27. The van der Waals surface area contributed by atoms with E-state index in [0.29, 0.717) is 17.1 Å². The van der Waals surface area contributed by atoms with Crippen LogP contribution in [-0.4, -0.2) is 50.1 Å². The molecule has 1 amide bonds. The molecule has 0 aromatic heterocycles. The van der Waals surface area contributed by atoms with Gasteiger partial charge in [0.1, 0.15) is 0 Å². The van der Waals surface area contributed by atoms with Gasteiger partial charge < -0.3 is 15.5 Å². The molecule has 0 spiro atoms. The summed E-state index contributed by atoms with van der Waals surface area (Å²) in [7, 11) is 0. The Bertz CT molecular complexity index is 402. The molecule has 0 unspecified atom stereocenters. The lowest BCUT2D eigenvalue weighted by molar-refractivity contribution is 0.0951. The fourth-order valence-corrected chi connectivity index (χ4v) is 2.27. The Labute approximate surface area is 119 Å². The minimum absolute atomic E-state index is 0.0306. The summed E-state index contributed by atoms with van der Waals surface area (Å²) in [6.45, 7) is 6.10. The van der Waals surface area contributed by atoms with Gasteiger partial charge in [-0.15, -0.1) is 0 Å². The predicted molar refractivity (Wildman–Crippen MR) is 77.7 cm³/mol. The molecule has 1 aromatic rings. The van der Waals surface area contributed by atoms with Gasteiger partial charge in [0.25, 0.3) is 5.91 Å². The van der Waals surface area contributed by atoms with Gasteiger partial charge in [0, 0.05) is 43.3 Å². The molecule has 0 aliphatic carbocycles. The van der Waals surface area contributed by atoms with Gasteiger partial charge in [-0.05, 0) is 37.2 Å². The van der Waals surface area contributed by atoms with Crippen LogP contribution in [0.4, 0.5) is 0 Å². The number of carbonyl (C=O) groups is 1. The Morgan fingerprint density at radius 3 is 2.63 bits per heavy atom. The third-order valence-electron chi connectivity index (χ3n) is 3.25. The molecule has 1 aliphatic heterocycles. The molecular formula is C14H20ClN3O. The van der Waals surface area contributed by atoms with Gasteiger partial charge in [0.05, 0.1) is 0 Å². The first kappa shape index (κ1) is 14.3. The molecule has 1 fully saturated rings. The Morgan fingerprint density at radius 2 is 1.95 bits per heavy atom. The standard InChI is InChI=1S/C14H20ClN3O/c15-13-4-2-12(3-5-13)14(19)17-6-1-9-18-10-7-16-8-11-18/h2-5,16H,1,6-11H2,(H,17,19). The third-order valence-corrected chi connectivity index (χ3v) is 3.50. The highest BCUT2D eigenvalue weighted by Gasteiger charge is 2.09. The molecular weight excluding hydrogens is 262 g/mol. The van der Waals surface area contributed by atoms with E-state index in [1.165, 1.54) is 0 Å². The molecule has 1 heterocycles. The first-order valence-corrected chi connectivity index (χ1v) is 7.10. The Balaban J connectivity index is 1.64. The number of amides is 1. The van der Waals surface area contributed by atoms with Crippen LogP contribution in [0.25, 0.3) is 0 Å². The summed E-state index contributed by atoms with van der Waals surface area (Å²) in [6, 6.07) is 6.95. The van der Waals surface area contributed by atoms with E-state index < -0.39 is 0 Å². The second kappa shape index (κ2) is 7.48. The van der Waals surface area contributed by atoms with Crippen molar-refractivity contribution in [2.75, 3.05) is 39.3 Å². The van der Waals surface area contributed by atoms with E-state index in [-0.39, 0.29) is 5.91 Å². The van der Waals surface area contributed by atoms with Crippen molar-refractivity contribution in [1.29, 1.82) is 0 Å². The molecule has 0 radical (unpaired) electrons. The average molecular weight is 282 g/mol. The first-order chi connectivity index (χ1) is 9.25. The average Bonchev–Trinajstić information content (AvgIpc) is 2.45. The summed E-state index contributed by atoms with van der Waals surface area (Å²) in [4.78, 5) is 14.3. The van der Waals surface area contributed by atoms with E-state index >= 15 is 0 Å². The summed E-state index contributed by atoms with van der Waals surface area (Å²) in [5.74, 6) is -0.0306. The minimum Gasteiger partial charge on any atom is -0.352 e. The molecule has 5 heteroatoms. The van der Waals surface area contributed by atoms with Crippen molar-refractivity contribution in [1.82, 2.24) is 15.5 Å².